The van der Waals surface area contributed by atoms with E-state index >= 15 is 0 Å². The Morgan fingerprint density at radius 2 is 2.03 bits per heavy atom. The largest absolute Gasteiger partial charge is 0.440 e. The molecular weight excluding hydrogens is 406 g/mol. The molecule has 1 N–H and O–H groups in total. The first-order chi connectivity index (χ1) is 14.6. The number of nitrogens with zero attached hydrogens (tertiary/aromatic N) is 3. The van der Waals surface area contributed by atoms with Crippen LogP contribution in [0.25, 0.3) is 11.3 Å². The first kappa shape index (κ1) is 22.4. The van der Waals surface area contributed by atoms with Crippen LogP contribution in [0.2, 0.25) is 0 Å². The fourth-order valence-corrected chi connectivity index (χ4v) is 3.38. The first-order valence-corrected chi connectivity index (χ1v) is 9.64. The maximum absolute atomic E-state index is 12.8. The molecule has 1 fully saturated rings. The number of H-pyrrole nitrogens is 1. The van der Waals surface area contributed by atoms with Crippen LogP contribution in [0.1, 0.15) is 11.1 Å². The van der Waals surface area contributed by atoms with Crippen molar-refractivity contribution in [2.24, 2.45) is 12.0 Å². The number of hydrogen-bond acceptors (Lipinski definition) is 5. The quantitative estimate of drug-likeness (QED) is 0.541. The predicted molar refractivity (Wildman–Crippen MR) is 116 cm³/mol. The fraction of sp³-hybridized carbons (Fsp3) is 0.318. The molecule has 2 heterocycles. The molecule has 31 heavy (non-hydrogen) atoms. The van der Waals surface area contributed by atoms with Crippen molar-refractivity contribution in [1.29, 1.82) is 0 Å². The average molecular weight is 430 g/mol. The maximum atomic E-state index is 12.8. The molecule has 1 aromatic carbocycles. The fourth-order valence-electron chi connectivity index (χ4n) is 3.38. The van der Waals surface area contributed by atoms with Gasteiger partial charge in [-0.1, -0.05) is 6.08 Å². The molecule has 9 heteroatoms. The molecular formula is C22H24F2N4O3. The molecule has 7 nitrogen and oxygen atoms in total. The lowest BCUT2D eigenvalue weighted by atomic mass is 10.0. The van der Waals surface area contributed by atoms with Gasteiger partial charge in [0.2, 0.25) is 5.88 Å². The second-order valence-electron chi connectivity index (χ2n) is 7.50. The van der Waals surface area contributed by atoms with Gasteiger partial charge in [0.25, 0.3) is 11.5 Å². The van der Waals surface area contributed by atoms with E-state index in [-0.39, 0.29) is 19.0 Å². The summed E-state index contributed by atoms with van der Waals surface area (Å²) >= 11 is 0. The Kier molecular flexibility index (Phi) is 6.35. The topological polar surface area (TPSA) is 79.7 Å². The standard InChI is InChI=1S/C22H24F2N4O3/c1-14-11-17(7-8-18(14)19-15(2)20(29)26-21(30)27(19)4)31-16(3)25-9-5-6-10-28-12-22(23,24)13-28/h5-9,11H,3,10,12-13H2,1-2,4H3,(H,26,29,30)/b6-5-,25-9-. The lowest BCUT2D eigenvalue weighted by Crippen LogP contribution is -2.55. The van der Waals surface area contributed by atoms with Gasteiger partial charge in [-0.25, -0.2) is 18.6 Å². The maximum Gasteiger partial charge on any atom is 0.328 e. The number of halogens is 2. The van der Waals surface area contributed by atoms with Gasteiger partial charge < -0.3 is 4.74 Å². The summed E-state index contributed by atoms with van der Waals surface area (Å²) in [6, 6.07) is 5.24. The Morgan fingerprint density at radius 1 is 1.32 bits per heavy atom. The lowest BCUT2D eigenvalue weighted by molar-refractivity contribution is -0.125. The number of aromatic amines is 1. The third-order valence-electron chi connectivity index (χ3n) is 4.96. The third-order valence-corrected chi connectivity index (χ3v) is 4.96. The highest BCUT2D eigenvalue weighted by molar-refractivity contribution is 5.72. The molecule has 164 valence electrons. The number of benzene rings is 1. The number of nitrogens with one attached hydrogen (secondary N) is 1. The molecule has 3 rings (SSSR count). The van der Waals surface area contributed by atoms with Crippen molar-refractivity contribution >= 4 is 6.21 Å². The minimum absolute atomic E-state index is 0.159. The average Bonchev–Trinajstić information content (AvgIpc) is 2.66. The van der Waals surface area contributed by atoms with Crippen LogP contribution in [-0.2, 0) is 7.05 Å². The minimum Gasteiger partial charge on any atom is -0.440 e. The Bertz CT molecular complexity index is 1140. The molecule has 1 aliphatic heterocycles. The second-order valence-corrected chi connectivity index (χ2v) is 7.50. The van der Waals surface area contributed by atoms with Crippen LogP contribution in [0.4, 0.5) is 8.78 Å². The molecule has 0 amide bonds. The normalized spacial score (nSPS) is 16.0. The van der Waals surface area contributed by atoms with Crippen LogP contribution in [0.5, 0.6) is 5.75 Å². The van der Waals surface area contributed by atoms with E-state index in [0.717, 1.165) is 11.1 Å². The molecule has 0 aliphatic carbocycles. The van der Waals surface area contributed by atoms with Gasteiger partial charge in [0.05, 0.1) is 18.8 Å². The number of alkyl halides is 2. The number of aryl methyl sites for hydroxylation is 1. The molecule has 0 spiro atoms. The SMILES string of the molecule is C=C(/N=C\C=C/CN1CC(F)(F)C1)Oc1ccc(-c2c(C)c(=O)[nH]c(=O)n2C)c(C)c1. The lowest BCUT2D eigenvalue weighted by Gasteiger charge is -2.37. The van der Waals surface area contributed by atoms with E-state index in [9.17, 15) is 18.4 Å². The van der Waals surface area contributed by atoms with Gasteiger partial charge in [0, 0.05) is 30.9 Å². The van der Waals surface area contributed by atoms with Crippen molar-refractivity contribution in [3.63, 3.8) is 0 Å². The summed E-state index contributed by atoms with van der Waals surface area (Å²) in [7, 11) is 1.60. The summed E-state index contributed by atoms with van der Waals surface area (Å²) in [4.78, 5) is 31.9. The van der Waals surface area contributed by atoms with Crippen molar-refractivity contribution in [2.75, 3.05) is 19.6 Å². The minimum atomic E-state index is -2.57. The zero-order chi connectivity index (χ0) is 22.8. The zero-order valence-electron chi connectivity index (χ0n) is 17.6. The summed E-state index contributed by atoms with van der Waals surface area (Å²) in [6.45, 7) is 7.24. The number of aliphatic imine (C=N–C) groups is 1. The number of aromatic nitrogens is 2. The van der Waals surface area contributed by atoms with Gasteiger partial charge in [0.1, 0.15) is 5.75 Å². The summed E-state index contributed by atoms with van der Waals surface area (Å²) in [6.07, 6.45) is 4.87. The van der Waals surface area contributed by atoms with Crippen LogP contribution in [0.15, 0.2) is 57.4 Å². The second kappa shape index (κ2) is 8.81. The third kappa shape index (κ3) is 5.24. The van der Waals surface area contributed by atoms with Crippen molar-refractivity contribution in [3.05, 3.63) is 74.8 Å². The van der Waals surface area contributed by atoms with E-state index in [1.807, 2.05) is 6.92 Å². The number of allylic oxidation sites excluding steroid dienone is 1. The summed E-state index contributed by atoms with van der Waals surface area (Å²) < 4.78 is 32.5. The first-order valence-electron chi connectivity index (χ1n) is 9.64. The van der Waals surface area contributed by atoms with E-state index in [0.29, 0.717) is 23.6 Å². The Balaban J connectivity index is 1.64. The van der Waals surface area contributed by atoms with Crippen LogP contribution < -0.4 is 16.0 Å². The zero-order valence-corrected chi connectivity index (χ0v) is 17.6. The predicted octanol–water partition coefficient (Wildman–Crippen LogP) is 2.79. The molecule has 0 bridgehead atoms. The van der Waals surface area contributed by atoms with E-state index in [1.54, 1.807) is 49.2 Å². The smallest absolute Gasteiger partial charge is 0.328 e. The highest BCUT2D eigenvalue weighted by Crippen LogP contribution is 2.28. The molecule has 0 unspecified atom stereocenters. The van der Waals surface area contributed by atoms with E-state index in [2.05, 4.69) is 16.6 Å². The van der Waals surface area contributed by atoms with Crippen molar-refractivity contribution in [2.45, 2.75) is 19.8 Å². The molecule has 1 saturated heterocycles. The van der Waals surface area contributed by atoms with Crippen LogP contribution in [0.3, 0.4) is 0 Å². The van der Waals surface area contributed by atoms with Gasteiger partial charge in [-0.05, 0) is 50.3 Å². The monoisotopic (exact) mass is 430 g/mol. The van der Waals surface area contributed by atoms with Crippen molar-refractivity contribution in [1.82, 2.24) is 14.5 Å². The number of ether oxygens (including phenoxy) is 1. The Labute approximate surface area is 178 Å². The highest BCUT2D eigenvalue weighted by Gasteiger charge is 2.42. The van der Waals surface area contributed by atoms with Crippen molar-refractivity contribution < 1.29 is 13.5 Å². The molecule has 0 atom stereocenters. The van der Waals surface area contributed by atoms with Gasteiger partial charge >= 0.3 is 5.69 Å². The molecule has 2 aromatic rings. The molecule has 1 aliphatic rings. The number of rotatable bonds is 7. The van der Waals surface area contributed by atoms with Gasteiger partial charge in [-0.2, -0.15) is 0 Å². The summed E-state index contributed by atoms with van der Waals surface area (Å²) in [5.41, 5.74) is 1.63. The van der Waals surface area contributed by atoms with E-state index in [4.69, 9.17) is 4.74 Å². The number of likely N-dealkylation sites (tertiary alicyclic amines) is 1. The van der Waals surface area contributed by atoms with Crippen molar-refractivity contribution in [3.8, 4) is 17.0 Å². The van der Waals surface area contributed by atoms with Gasteiger partial charge in [-0.15, -0.1) is 0 Å². The number of hydrogen-bond donors (Lipinski definition) is 1. The van der Waals surface area contributed by atoms with E-state index in [1.165, 1.54) is 10.8 Å². The van der Waals surface area contributed by atoms with Crippen LogP contribution >= 0.6 is 0 Å². The Hall–Kier alpha value is -3.33. The van der Waals surface area contributed by atoms with Gasteiger partial charge in [-0.3, -0.25) is 19.2 Å². The van der Waals surface area contributed by atoms with Crippen LogP contribution in [-0.4, -0.2) is 46.2 Å². The summed E-state index contributed by atoms with van der Waals surface area (Å²) in [5.74, 6) is -1.91. The Morgan fingerprint density at radius 3 is 2.68 bits per heavy atom. The van der Waals surface area contributed by atoms with Gasteiger partial charge in [0.15, 0.2) is 0 Å². The van der Waals surface area contributed by atoms with E-state index < -0.39 is 17.2 Å². The summed E-state index contributed by atoms with van der Waals surface area (Å²) in [5, 5.41) is 0. The molecule has 0 saturated carbocycles. The highest BCUT2D eigenvalue weighted by atomic mass is 19.3. The molecule has 0 radical (unpaired) electrons. The van der Waals surface area contributed by atoms with Crippen LogP contribution in [0, 0.1) is 13.8 Å². The molecule has 1 aromatic heterocycles.